The van der Waals surface area contributed by atoms with Gasteiger partial charge >= 0.3 is 0 Å². The summed E-state index contributed by atoms with van der Waals surface area (Å²) in [6.07, 6.45) is 12.2. The monoisotopic (exact) mass is 386 g/mol. The molecule has 3 heteroatoms. The predicted octanol–water partition coefficient (Wildman–Crippen LogP) is 6.76. The molecule has 1 saturated carbocycles. The molecule has 1 nitrogen and oxygen atoms in total. The lowest BCUT2D eigenvalue weighted by Gasteiger charge is -2.12. The minimum absolute atomic E-state index is 0.162. The summed E-state index contributed by atoms with van der Waals surface area (Å²) in [5.74, 6) is 1.59. The van der Waals surface area contributed by atoms with Gasteiger partial charge in [0, 0.05) is 10.7 Å². The molecule has 3 rings (SSSR count). The zero-order valence-corrected chi connectivity index (χ0v) is 17.6. The Hall–Kier alpha value is -1.30. The molecule has 2 aliphatic carbocycles. The number of allylic oxidation sites excluding steroid dienone is 6. The van der Waals surface area contributed by atoms with Gasteiger partial charge in [0.1, 0.15) is 6.61 Å². The number of hydrogen-bond donors (Lipinski definition) is 0. The summed E-state index contributed by atoms with van der Waals surface area (Å²) in [5, 5.41) is 0. The van der Waals surface area contributed by atoms with E-state index in [2.05, 4.69) is 78.2 Å². The Bertz CT molecular complexity index is 768. The van der Waals surface area contributed by atoms with Crippen LogP contribution in [0.5, 0.6) is 0 Å². The molecule has 0 amide bonds. The minimum Gasteiger partial charge on any atom is -0.494 e. The molecule has 0 bridgehead atoms. The zero-order valence-electron chi connectivity index (χ0n) is 15.7. The predicted molar refractivity (Wildman–Crippen MR) is 115 cm³/mol. The van der Waals surface area contributed by atoms with Gasteiger partial charge in [-0.3, -0.25) is 0 Å². The highest BCUT2D eigenvalue weighted by Crippen LogP contribution is 2.62. The number of hydrogen-bond acceptors (Lipinski definition) is 1. The Balaban J connectivity index is 1.57. The highest BCUT2D eigenvalue weighted by atomic mass is 35.5. The van der Waals surface area contributed by atoms with E-state index < -0.39 is 0 Å². The van der Waals surface area contributed by atoms with Gasteiger partial charge in [-0.1, -0.05) is 89.8 Å². The Morgan fingerprint density at radius 3 is 2.81 bits per heavy atom. The Morgan fingerprint density at radius 1 is 1.35 bits per heavy atom. The fourth-order valence-electron chi connectivity index (χ4n) is 3.91. The number of benzene rings is 1. The molecule has 3 atom stereocenters. The van der Waals surface area contributed by atoms with Crippen molar-refractivity contribution in [2.45, 2.75) is 39.7 Å². The van der Waals surface area contributed by atoms with Gasteiger partial charge in [0.15, 0.2) is 0 Å². The summed E-state index contributed by atoms with van der Waals surface area (Å²) in [6.45, 7) is 9.23. The molecule has 0 saturated heterocycles. The smallest absolute Gasteiger partial charge is 0.113 e. The average Bonchev–Trinajstić information content (AvgIpc) is 3.13. The standard InChI is InChI=1S/C23H28ClOP/c1-16(22-20(14-21(24)26)23(22,2)3)25-15-19-11-7-10-18(13-19)12-17-8-5-4-6-9-17/h5,7-11,13-14,20,22H,1,4,6,12,15,26H2,2-3H3/b21-14-. The highest BCUT2D eigenvalue weighted by molar-refractivity contribution is 7.27. The van der Waals surface area contributed by atoms with Crippen molar-refractivity contribution in [2.24, 2.45) is 17.3 Å². The van der Waals surface area contributed by atoms with Crippen molar-refractivity contribution >= 4 is 20.8 Å². The van der Waals surface area contributed by atoms with E-state index in [0.29, 0.717) is 18.4 Å². The summed E-state index contributed by atoms with van der Waals surface area (Å²) in [5.41, 5.74) is 4.09. The van der Waals surface area contributed by atoms with Crippen LogP contribution in [-0.2, 0) is 17.8 Å². The Morgan fingerprint density at radius 2 is 2.12 bits per heavy atom. The molecule has 0 aliphatic heterocycles. The first kappa shape index (κ1) is 19.5. The molecule has 0 heterocycles. The maximum absolute atomic E-state index is 6.04. The molecule has 0 N–H and O–H groups in total. The van der Waals surface area contributed by atoms with Gasteiger partial charge in [0.2, 0.25) is 0 Å². The van der Waals surface area contributed by atoms with E-state index in [4.69, 9.17) is 16.3 Å². The normalized spacial score (nSPS) is 24.2. The molecule has 26 heavy (non-hydrogen) atoms. The number of ether oxygens (including phenoxy) is 1. The molecule has 138 valence electrons. The molecule has 1 fully saturated rings. The van der Waals surface area contributed by atoms with Crippen molar-refractivity contribution < 1.29 is 4.74 Å². The summed E-state index contributed by atoms with van der Waals surface area (Å²) in [6, 6.07) is 8.67. The number of halogens is 1. The third-order valence-corrected chi connectivity index (χ3v) is 5.81. The van der Waals surface area contributed by atoms with E-state index in [9.17, 15) is 0 Å². The number of rotatable bonds is 7. The lowest BCUT2D eigenvalue weighted by Crippen LogP contribution is -2.00. The van der Waals surface area contributed by atoms with Crippen LogP contribution in [0.3, 0.4) is 0 Å². The van der Waals surface area contributed by atoms with Gasteiger partial charge in [0.05, 0.1) is 5.76 Å². The van der Waals surface area contributed by atoms with Crippen LogP contribution < -0.4 is 0 Å². The van der Waals surface area contributed by atoms with E-state index in [1.165, 1.54) is 16.7 Å². The first-order valence-electron chi connectivity index (χ1n) is 9.25. The lowest BCUT2D eigenvalue weighted by molar-refractivity contribution is 0.178. The fourth-order valence-corrected chi connectivity index (χ4v) is 4.25. The van der Waals surface area contributed by atoms with E-state index in [0.717, 1.165) is 29.8 Å². The van der Waals surface area contributed by atoms with Crippen LogP contribution in [-0.4, -0.2) is 0 Å². The molecule has 3 unspecified atom stereocenters. The first-order chi connectivity index (χ1) is 12.4. The van der Waals surface area contributed by atoms with Crippen molar-refractivity contribution in [3.05, 3.63) is 82.4 Å². The second-order valence-electron chi connectivity index (χ2n) is 7.89. The van der Waals surface area contributed by atoms with Crippen molar-refractivity contribution in [1.82, 2.24) is 0 Å². The summed E-state index contributed by atoms with van der Waals surface area (Å²) < 4.78 is 6.80. The van der Waals surface area contributed by atoms with Gasteiger partial charge in [-0.05, 0) is 47.3 Å². The van der Waals surface area contributed by atoms with Crippen LogP contribution >= 0.6 is 20.8 Å². The van der Waals surface area contributed by atoms with Crippen LogP contribution in [0.2, 0.25) is 0 Å². The van der Waals surface area contributed by atoms with Crippen LogP contribution in [0.25, 0.3) is 0 Å². The van der Waals surface area contributed by atoms with Crippen LogP contribution in [0.1, 0.15) is 37.8 Å². The molecule has 0 radical (unpaired) electrons. The first-order valence-corrected chi connectivity index (χ1v) is 10.2. The maximum Gasteiger partial charge on any atom is 0.113 e. The third-order valence-electron chi connectivity index (χ3n) is 5.49. The second kappa shape index (κ2) is 8.15. The molecule has 1 aromatic carbocycles. The molecule has 2 aliphatic rings. The zero-order chi connectivity index (χ0) is 18.7. The molecular weight excluding hydrogens is 359 g/mol. The lowest BCUT2D eigenvalue weighted by atomic mass is 9.99. The SMILES string of the molecule is C=C(OCc1cccc(CC2=CCCC=C2)c1)C1C(/C=C(\P)Cl)C1(C)C. The van der Waals surface area contributed by atoms with Crippen molar-refractivity contribution in [3.63, 3.8) is 0 Å². The molecular formula is C23H28ClOP. The molecule has 0 aromatic heterocycles. The summed E-state index contributed by atoms with van der Waals surface area (Å²) >= 11 is 6.02. The largest absolute Gasteiger partial charge is 0.494 e. The average molecular weight is 387 g/mol. The molecule has 0 spiro atoms. The maximum atomic E-state index is 6.04. The minimum atomic E-state index is 0.162. The van der Waals surface area contributed by atoms with Crippen LogP contribution in [0, 0.1) is 17.3 Å². The van der Waals surface area contributed by atoms with Crippen molar-refractivity contribution in [3.8, 4) is 0 Å². The van der Waals surface area contributed by atoms with E-state index in [1.54, 1.807) is 0 Å². The van der Waals surface area contributed by atoms with E-state index in [-0.39, 0.29) is 5.41 Å². The quantitative estimate of drug-likeness (QED) is 0.371. The summed E-state index contributed by atoms with van der Waals surface area (Å²) in [7, 11) is 2.55. The van der Waals surface area contributed by atoms with Crippen LogP contribution in [0.15, 0.2) is 71.3 Å². The van der Waals surface area contributed by atoms with Crippen molar-refractivity contribution in [2.75, 3.05) is 0 Å². The van der Waals surface area contributed by atoms with Gasteiger partial charge < -0.3 is 4.74 Å². The van der Waals surface area contributed by atoms with Gasteiger partial charge in [-0.15, -0.1) is 0 Å². The molecule has 1 aromatic rings. The Kier molecular flexibility index (Phi) is 6.10. The van der Waals surface area contributed by atoms with Gasteiger partial charge in [0.25, 0.3) is 0 Å². The van der Waals surface area contributed by atoms with Gasteiger partial charge in [-0.25, -0.2) is 0 Å². The van der Waals surface area contributed by atoms with Crippen molar-refractivity contribution in [1.29, 1.82) is 0 Å². The second-order valence-corrected chi connectivity index (χ2v) is 9.31. The summed E-state index contributed by atoms with van der Waals surface area (Å²) in [4.78, 5) is 0. The highest BCUT2D eigenvalue weighted by Gasteiger charge is 2.58. The van der Waals surface area contributed by atoms with Crippen LogP contribution in [0.4, 0.5) is 0 Å². The fraction of sp³-hybridized carbons (Fsp3) is 0.391. The Labute approximate surface area is 165 Å². The van der Waals surface area contributed by atoms with Gasteiger partial charge in [-0.2, -0.15) is 0 Å². The third kappa shape index (κ3) is 4.70. The van der Waals surface area contributed by atoms with E-state index in [1.807, 2.05) is 0 Å². The topological polar surface area (TPSA) is 9.23 Å². The van der Waals surface area contributed by atoms with E-state index >= 15 is 0 Å².